The first-order valence-corrected chi connectivity index (χ1v) is 14.3. The maximum Gasteiger partial charge on any atom is 0.245 e. The highest BCUT2D eigenvalue weighted by Gasteiger charge is 2.35. The molecule has 5 aromatic rings. The number of hydrogen-bond acceptors (Lipinski definition) is 10. The molecule has 0 spiro atoms. The fourth-order valence-electron chi connectivity index (χ4n) is 6.10. The molecule has 0 bridgehead atoms. The number of fused-ring (bicyclic) bond motifs is 4. The molecule has 2 aliphatic carbocycles. The van der Waals surface area contributed by atoms with Gasteiger partial charge in [0.1, 0.15) is 0 Å². The van der Waals surface area contributed by atoms with Gasteiger partial charge in [0.15, 0.2) is 34.8 Å². The van der Waals surface area contributed by atoms with Gasteiger partial charge in [-0.25, -0.2) is 9.99 Å². The molecular weight excluding hydrogens is 568 g/mol. The molecule has 2 N–H and O–H groups in total. The van der Waals surface area contributed by atoms with Crippen LogP contribution in [0.4, 0.5) is 5.95 Å². The van der Waals surface area contributed by atoms with E-state index < -0.39 is 6.17 Å². The molecule has 1 aromatic heterocycles. The van der Waals surface area contributed by atoms with Crippen molar-refractivity contribution in [2.75, 3.05) is 19.1 Å². The van der Waals surface area contributed by atoms with E-state index in [1.807, 2.05) is 0 Å². The Hall–Kier alpha value is -5.71. The zero-order valence-corrected chi connectivity index (χ0v) is 24.6. The monoisotopic (exact) mass is 594 g/mol. The molecule has 0 fully saturated rings. The maximum atomic E-state index is 13.9. The number of anilines is 1. The summed E-state index contributed by atoms with van der Waals surface area (Å²) in [5, 5.41) is 3.34. The quantitative estimate of drug-likeness (QED) is 0.226. The number of rotatable bonds is 5. The molecule has 10 nitrogen and oxygen atoms in total. The average Bonchev–Trinajstić information content (AvgIpc) is 3.05. The Balaban J connectivity index is 1.49. The van der Waals surface area contributed by atoms with Crippen LogP contribution in [0.2, 0.25) is 0 Å². The van der Waals surface area contributed by atoms with E-state index in [1.165, 1.54) is 0 Å². The molecule has 0 amide bonds. The Labute approximate surface area is 258 Å². The number of hydrazine groups is 1. The lowest BCUT2D eigenvalue weighted by Gasteiger charge is -2.32. The van der Waals surface area contributed by atoms with Crippen LogP contribution in [0.1, 0.15) is 70.6 Å². The molecule has 1 atom stereocenters. The molecule has 0 saturated heterocycles. The standard InChI is InChI=1S/C35H26N6O4/c1-18(36)41(40(2)3)35-38-33(25-16-8-14-23-27(25)31(44)21-12-6-4-10-19(21)29(23)42)37-34(39-35)26-17-9-15-24-28(26)32(45)22-13-7-5-11-20(22)30(24)43/h4-18H,36H2,1-3H3. The molecule has 220 valence electrons. The molecular formula is C35H26N6O4. The molecule has 10 heteroatoms. The van der Waals surface area contributed by atoms with Crippen molar-refractivity contribution in [3.63, 3.8) is 0 Å². The van der Waals surface area contributed by atoms with E-state index in [0.717, 1.165) is 0 Å². The van der Waals surface area contributed by atoms with Crippen LogP contribution in [-0.4, -0.2) is 63.4 Å². The summed E-state index contributed by atoms with van der Waals surface area (Å²) in [4.78, 5) is 69.0. The van der Waals surface area contributed by atoms with Crippen LogP contribution in [0.5, 0.6) is 0 Å². The second-order valence-corrected chi connectivity index (χ2v) is 11.1. The zero-order valence-electron chi connectivity index (χ0n) is 24.6. The van der Waals surface area contributed by atoms with Crippen molar-refractivity contribution in [3.8, 4) is 22.8 Å². The van der Waals surface area contributed by atoms with E-state index in [0.29, 0.717) is 33.4 Å². The minimum atomic E-state index is -0.581. The highest BCUT2D eigenvalue weighted by Crippen LogP contribution is 2.37. The van der Waals surface area contributed by atoms with Crippen molar-refractivity contribution >= 4 is 29.1 Å². The van der Waals surface area contributed by atoms with Crippen molar-refractivity contribution < 1.29 is 19.2 Å². The predicted molar refractivity (Wildman–Crippen MR) is 167 cm³/mol. The van der Waals surface area contributed by atoms with Crippen molar-refractivity contribution in [2.45, 2.75) is 13.1 Å². The zero-order chi connectivity index (χ0) is 31.6. The molecule has 0 saturated carbocycles. The van der Waals surface area contributed by atoms with Gasteiger partial charge in [-0.15, -0.1) is 0 Å². The van der Waals surface area contributed by atoms with Crippen molar-refractivity contribution in [1.82, 2.24) is 20.0 Å². The van der Waals surface area contributed by atoms with Crippen molar-refractivity contribution in [2.24, 2.45) is 5.73 Å². The van der Waals surface area contributed by atoms with Gasteiger partial charge in [0.05, 0.1) is 6.17 Å². The lowest BCUT2D eigenvalue weighted by atomic mass is 9.81. The van der Waals surface area contributed by atoms with Crippen LogP contribution >= 0.6 is 0 Å². The van der Waals surface area contributed by atoms with Gasteiger partial charge in [-0.1, -0.05) is 84.9 Å². The minimum absolute atomic E-state index is 0.104. The number of ketones is 4. The van der Waals surface area contributed by atoms with E-state index in [2.05, 4.69) is 0 Å². The molecule has 1 unspecified atom stereocenters. The van der Waals surface area contributed by atoms with Crippen molar-refractivity contribution in [3.05, 3.63) is 129 Å². The normalized spacial score (nSPS) is 14.1. The van der Waals surface area contributed by atoms with Crippen LogP contribution in [0.25, 0.3) is 22.8 Å². The summed E-state index contributed by atoms with van der Waals surface area (Å²) < 4.78 is 0. The van der Waals surface area contributed by atoms with Gasteiger partial charge >= 0.3 is 0 Å². The van der Waals surface area contributed by atoms with Crippen LogP contribution < -0.4 is 10.7 Å². The summed E-state index contributed by atoms with van der Waals surface area (Å²) >= 11 is 0. The first-order valence-electron chi connectivity index (χ1n) is 14.3. The summed E-state index contributed by atoms with van der Waals surface area (Å²) in [5.41, 5.74) is 9.08. The molecule has 4 aromatic carbocycles. The van der Waals surface area contributed by atoms with Crippen LogP contribution in [0.3, 0.4) is 0 Å². The number of carbonyl (C=O) groups excluding carboxylic acids is 4. The SMILES string of the molecule is CC(N)N(c1nc(-c2cccc3c2C(=O)c2ccccc2C3=O)nc(-c2cccc3c2C(=O)c2ccccc2C3=O)n1)N(C)C. The largest absolute Gasteiger partial charge is 0.310 e. The Morgan fingerprint density at radius 1 is 0.511 bits per heavy atom. The lowest BCUT2D eigenvalue weighted by Crippen LogP contribution is -2.49. The number of nitrogens with zero attached hydrogens (tertiary/aromatic N) is 5. The maximum absolute atomic E-state index is 13.9. The Morgan fingerprint density at radius 3 is 1.24 bits per heavy atom. The van der Waals surface area contributed by atoms with Crippen LogP contribution in [0.15, 0.2) is 84.9 Å². The molecule has 0 aliphatic heterocycles. The van der Waals surface area contributed by atoms with Gasteiger partial charge in [0.2, 0.25) is 5.95 Å². The number of nitrogens with two attached hydrogens (primary N) is 1. The number of benzene rings is 4. The van der Waals surface area contributed by atoms with Gasteiger partial charge in [-0.05, 0) is 6.92 Å². The highest BCUT2D eigenvalue weighted by atomic mass is 16.1. The van der Waals surface area contributed by atoms with E-state index in [4.69, 9.17) is 20.7 Å². The average molecular weight is 595 g/mol. The van der Waals surface area contributed by atoms with E-state index in [1.54, 1.807) is 116 Å². The summed E-state index contributed by atoms with van der Waals surface area (Å²) in [6.45, 7) is 1.76. The number of hydrogen-bond donors (Lipinski definition) is 1. The molecule has 0 radical (unpaired) electrons. The topological polar surface area (TPSA) is 139 Å². The summed E-state index contributed by atoms with van der Waals surface area (Å²) in [7, 11) is 3.55. The molecule has 2 aliphatic rings. The molecule has 1 heterocycles. The summed E-state index contributed by atoms with van der Waals surface area (Å²) in [6.07, 6.45) is -0.581. The van der Waals surface area contributed by atoms with Gasteiger partial charge < -0.3 is 5.73 Å². The summed E-state index contributed by atoms with van der Waals surface area (Å²) in [5.74, 6) is -0.852. The third kappa shape index (κ3) is 4.30. The minimum Gasteiger partial charge on any atom is -0.310 e. The first-order chi connectivity index (χ1) is 21.7. The van der Waals surface area contributed by atoms with E-state index in [-0.39, 0.29) is 63.0 Å². The summed E-state index contributed by atoms with van der Waals surface area (Å²) in [6, 6.07) is 23.3. The lowest BCUT2D eigenvalue weighted by molar-refractivity contribution is 0.0979. The van der Waals surface area contributed by atoms with E-state index in [9.17, 15) is 19.2 Å². The smallest absolute Gasteiger partial charge is 0.245 e. The first kappa shape index (κ1) is 28.1. The third-order valence-corrected chi connectivity index (χ3v) is 8.03. The Kier molecular flexibility index (Phi) is 6.54. The second kappa shape index (κ2) is 10.5. The Bertz CT molecular complexity index is 1970. The fourth-order valence-corrected chi connectivity index (χ4v) is 6.10. The van der Waals surface area contributed by atoms with Crippen LogP contribution in [0, 0.1) is 0 Å². The van der Waals surface area contributed by atoms with Gasteiger partial charge in [0.25, 0.3) is 0 Å². The van der Waals surface area contributed by atoms with Crippen LogP contribution in [-0.2, 0) is 0 Å². The van der Waals surface area contributed by atoms with Gasteiger partial charge in [-0.2, -0.15) is 9.97 Å². The Morgan fingerprint density at radius 2 is 0.867 bits per heavy atom. The molecule has 45 heavy (non-hydrogen) atoms. The molecule has 7 rings (SSSR count). The fraction of sp³-hybridized carbons (Fsp3) is 0.114. The van der Waals surface area contributed by atoms with E-state index >= 15 is 0 Å². The van der Waals surface area contributed by atoms with Crippen molar-refractivity contribution in [1.29, 1.82) is 0 Å². The van der Waals surface area contributed by atoms with Gasteiger partial charge in [-0.3, -0.25) is 24.2 Å². The third-order valence-electron chi connectivity index (χ3n) is 8.03. The number of carbonyl (C=O) groups is 4. The highest BCUT2D eigenvalue weighted by molar-refractivity contribution is 6.31. The van der Waals surface area contributed by atoms with Gasteiger partial charge in [0, 0.05) is 69.7 Å². The second-order valence-electron chi connectivity index (χ2n) is 11.1. The predicted octanol–water partition coefficient (Wildman–Crippen LogP) is 4.34. The number of aromatic nitrogens is 3.